The van der Waals surface area contributed by atoms with E-state index in [9.17, 15) is 8.42 Å². The molecule has 0 radical (unpaired) electrons. The van der Waals surface area contributed by atoms with Crippen LogP contribution in [-0.2, 0) is 16.3 Å². The van der Waals surface area contributed by atoms with Crippen molar-refractivity contribution in [1.82, 2.24) is 4.57 Å². The minimum Gasteiger partial charge on any atom is -0.345 e. The fraction of sp³-hybridized carbons (Fsp3) is 0.692. The maximum atomic E-state index is 11.4. The Morgan fingerprint density at radius 2 is 2.22 bits per heavy atom. The van der Waals surface area contributed by atoms with E-state index < -0.39 is 9.84 Å². The number of nitrogens with zero attached hydrogens (tertiary/aromatic N) is 1. The zero-order valence-corrected chi connectivity index (χ0v) is 12.1. The minimum absolute atomic E-state index is 0.0194. The molecule has 0 fully saturated rings. The molecule has 2 atom stereocenters. The number of aryl methyl sites for hydroxylation is 1. The van der Waals surface area contributed by atoms with E-state index in [1.807, 2.05) is 13.8 Å². The fourth-order valence-corrected chi connectivity index (χ4v) is 4.11. The summed E-state index contributed by atoms with van der Waals surface area (Å²) in [5.74, 6) is 0.185. The van der Waals surface area contributed by atoms with Crippen LogP contribution >= 0.6 is 0 Å². The van der Waals surface area contributed by atoms with Crippen molar-refractivity contribution in [3.8, 4) is 0 Å². The van der Waals surface area contributed by atoms with E-state index in [2.05, 4.69) is 10.6 Å². The van der Waals surface area contributed by atoms with Crippen molar-refractivity contribution in [3.63, 3.8) is 0 Å². The molecule has 102 valence electrons. The maximum absolute atomic E-state index is 11.4. The number of hydrogen-bond donors (Lipinski definition) is 1. The van der Waals surface area contributed by atoms with Crippen molar-refractivity contribution in [1.29, 1.82) is 0 Å². The van der Waals surface area contributed by atoms with Crippen LogP contribution in [0.25, 0.3) is 0 Å². The average Bonchev–Trinajstić information content (AvgIpc) is 2.53. The Morgan fingerprint density at radius 3 is 2.83 bits per heavy atom. The summed E-state index contributed by atoms with van der Waals surface area (Å²) in [6.45, 7) is 4.00. The summed E-state index contributed by atoms with van der Waals surface area (Å²) >= 11 is 0. The van der Waals surface area contributed by atoms with Gasteiger partial charge in [-0.05, 0) is 44.7 Å². The van der Waals surface area contributed by atoms with Gasteiger partial charge in [0, 0.05) is 29.7 Å². The van der Waals surface area contributed by atoms with Crippen LogP contribution in [0.2, 0.25) is 0 Å². The molecule has 1 heterocycles. The van der Waals surface area contributed by atoms with Gasteiger partial charge in [0.1, 0.15) is 9.84 Å². The predicted octanol–water partition coefficient (Wildman–Crippen LogP) is 1.74. The second-order valence-electron chi connectivity index (χ2n) is 5.50. The van der Waals surface area contributed by atoms with Gasteiger partial charge in [-0.25, -0.2) is 8.42 Å². The molecule has 0 aromatic carbocycles. The van der Waals surface area contributed by atoms with Gasteiger partial charge in [0.15, 0.2) is 0 Å². The first-order valence-electron chi connectivity index (χ1n) is 6.43. The van der Waals surface area contributed by atoms with Gasteiger partial charge in [0.2, 0.25) is 0 Å². The van der Waals surface area contributed by atoms with Crippen molar-refractivity contribution in [2.45, 2.75) is 45.2 Å². The molecule has 1 aliphatic carbocycles. The van der Waals surface area contributed by atoms with E-state index in [1.54, 1.807) is 0 Å². The molecule has 0 amide bonds. The first-order chi connectivity index (χ1) is 8.29. The van der Waals surface area contributed by atoms with Crippen LogP contribution in [0.15, 0.2) is 6.07 Å². The molecule has 2 unspecified atom stereocenters. The molecule has 0 bridgehead atoms. The summed E-state index contributed by atoms with van der Waals surface area (Å²) in [6.07, 6.45) is 4.41. The summed E-state index contributed by atoms with van der Waals surface area (Å²) in [5, 5.41) is 0. The van der Waals surface area contributed by atoms with Crippen LogP contribution in [0, 0.1) is 6.92 Å². The van der Waals surface area contributed by atoms with Crippen molar-refractivity contribution in [3.05, 3.63) is 23.0 Å². The smallest absolute Gasteiger partial charge is 0.149 e. The summed E-state index contributed by atoms with van der Waals surface area (Å²) in [5.41, 5.74) is 9.69. The minimum atomic E-state index is -2.96. The molecule has 0 saturated heterocycles. The lowest BCUT2D eigenvalue weighted by Crippen LogP contribution is -2.22. The highest BCUT2D eigenvalue weighted by atomic mass is 32.2. The second-order valence-corrected chi connectivity index (χ2v) is 7.68. The Balaban J connectivity index is 2.39. The molecule has 1 aromatic heterocycles. The third kappa shape index (κ3) is 2.62. The molecule has 2 rings (SSSR count). The molecule has 4 nitrogen and oxygen atoms in total. The molecular formula is C13H22N2O2S. The highest BCUT2D eigenvalue weighted by molar-refractivity contribution is 7.90. The van der Waals surface area contributed by atoms with Crippen molar-refractivity contribution < 1.29 is 8.42 Å². The lowest BCUT2D eigenvalue weighted by atomic mass is 9.93. The van der Waals surface area contributed by atoms with Crippen LogP contribution in [0.5, 0.6) is 0 Å². The molecule has 1 aliphatic rings. The van der Waals surface area contributed by atoms with E-state index in [-0.39, 0.29) is 17.8 Å². The van der Waals surface area contributed by atoms with E-state index in [4.69, 9.17) is 5.73 Å². The SMILES string of the molecule is Cc1cc2c(n1C(C)CS(C)(=O)=O)CCCC2N. The van der Waals surface area contributed by atoms with Crippen LogP contribution < -0.4 is 5.73 Å². The predicted molar refractivity (Wildman–Crippen MR) is 73.5 cm³/mol. The standard InChI is InChI=1S/C13H22N2O2S/c1-9-7-11-12(14)5-4-6-13(11)15(9)10(2)8-18(3,16)17/h7,10,12H,4-6,8,14H2,1-3H3. The van der Waals surface area contributed by atoms with Crippen LogP contribution in [-0.4, -0.2) is 25.0 Å². The quantitative estimate of drug-likeness (QED) is 0.910. The second kappa shape index (κ2) is 4.70. The average molecular weight is 270 g/mol. The van der Waals surface area contributed by atoms with Crippen LogP contribution in [0.3, 0.4) is 0 Å². The van der Waals surface area contributed by atoms with Gasteiger partial charge in [-0.3, -0.25) is 0 Å². The van der Waals surface area contributed by atoms with Crippen molar-refractivity contribution >= 4 is 9.84 Å². The molecule has 18 heavy (non-hydrogen) atoms. The molecule has 0 saturated carbocycles. The van der Waals surface area contributed by atoms with Gasteiger partial charge < -0.3 is 10.3 Å². The van der Waals surface area contributed by atoms with Crippen molar-refractivity contribution in [2.24, 2.45) is 5.73 Å². The highest BCUT2D eigenvalue weighted by Crippen LogP contribution is 2.32. The van der Waals surface area contributed by atoms with Crippen LogP contribution in [0.1, 0.15) is 48.8 Å². The van der Waals surface area contributed by atoms with E-state index >= 15 is 0 Å². The molecule has 5 heteroatoms. The van der Waals surface area contributed by atoms with Gasteiger partial charge in [-0.2, -0.15) is 0 Å². The van der Waals surface area contributed by atoms with Crippen molar-refractivity contribution in [2.75, 3.05) is 12.0 Å². The number of fused-ring (bicyclic) bond motifs is 1. The van der Waals surface area contributed by atoms with Crippen LogP contribution in [0.4, 0.5) is 0 Å². The number of nitrogens with two attached hydrogens (primary N) is 1. The van der Waals surface area contributed by atoms with E-state index in [0.29, 0.717) is 0 Å². The Kier molecular flexibility index (Phi) is 3.56. The zero-order chi connectivity index (χ0) is 13.5. The van der Waals surface area contributed by atoms with Gasteiger partial charge in [-0.1, -0.05) is 0 Å². The Hall–Kier alpha value is -0.810. The monoisotopic (exact) mass is 270 g/mol. The number of aromatic nitrogens is 1. The van der Waals surface area contributed by atoms with E-state index in [0.717, 1.165) is 25.0 Å². The topological polar surface area (TPSA) is 65.1 Å². The lowest BCUT2D eigenvalue weighted by Gasteiger charge is -2.24. The largest absolute Gasteiger partial charge is 0.345 e. The summed E-state index contributed by atoms with van der Waals surface area (Å²) in [4.78, 5) is 0. The normalized spacial score (nSPS) is 21.7. The van der Waals surface area contributed by atoms with E-state index in [1.165, 1.54) is 17.5 Å². The number of sulfone groups is 1. The number of hydrogen-bond acceptors (Lipinski definition) is 3. The molecule has 0 spiro atoms. The molecule has 0 aliphatic heterocycles. The Morgan fingerprint density at radius 1 is 1.56 bits per heavy atom. The molecular weight excluding hydrogens is 248 g/mol. The first-order valence-corrected chi connectivity index (χ1v) is 8.49. The number of rotatable bonds is 3. The third-order valence-electron chi connectivity index (χ3n) is 3.68. The summed E-state index contributed by atoms with van der Waals surface area (Å²) in [6, 6.07) is 2.21. The first kappa shape index (κ1) is 13.6. The molecule has 2 N–H and O–H groups in total. The summed E-state index contributed by atoms with van der Waals surface area (Å²) < 4.78 is 25.0. The molecule has 1 aromatic rings. The highest BCUT2D eigenvalue weighted by Gasteiger charge is 2.25. The Labute approximate surface area is 109 Å². The van der Waals surface area contributed by atoms with Gasteiger partial charge >= 0.3 is 0 Å². The van der Waals surface area contributed by atoms with Gasteiger partial charge in [0.25, 0.3) is 0 Å². The Bertz CT molecular complexity index is 546. The van der Waals surface area contributed by atoms with Gasteiger partial charge in [-0.15, -0.1) is 0 Å². The summed E-state index contributed by atoms with van der Waals surface area (Å²) in [7, 11) is -2.96. The lowest BCUT2D eigenvalue weighted by molar-refractivity contribution is 0.504. The fourth-order valence-electron chi connectivity index (χ4n) is 3.09. The van der Waals surface area contributed by atoms with Gasteiger partial charge in [0.05, 0.1) is 5.75 Å². The zero-order valence-electron chi connectivity index (χ0n) is 11.3. The maximum Gasteiger partial charge on any atom is 0.149 e. The third-order valence-corrected chi connectivity index (χ3v) is 4.77.